The molecule has 0 atom stereocenters. The molecule has 0 bridgehead atoms. The van der Waals surface area contributed by atoms with Gasteiger partial charge < -0.3 is 24.8 Å². The van der Waals surface area contributed by atoms with Gasteiger partial charge in [0.2, 0.25) is 12.7 Å². The number of hydrogen-bond donors (Lipinski definition) is 1. The zero-order valence-electron chi connectivity index (χ0n) is 13.0. The highest BCUT2D eigenvalue weighted by molar-refractivity contribution is 5.96. The molecule has 2 N–H and O–H groups in total. The molecule has 0 saturated carbocycles. The standard InChI is InChI=1S/C17H17N3O4/c18-17(21)12-7-13(16-14(8-12)23-10-24-16)11-1-2-15(19-9-11)20-3-5-22-6-4-20/h1-2,7-9H,3-6,10H2,(H2,18,21). The fourth-order valence-corrected chi connectivity index (χ4v) is 2.89. The van der Waals surface area contributed by atoms with Crippen LogP contribution in [-0.4, -0.2) is 44.0 Å². The molecular weight excluding hydrogens is 310 g/mol. The number of fused-ring (bicyclic) bond motifs is 1. The first-order valence-corrected chi connectivity index (χ1v) is 7.75. The summed E-state index contributed by atoms with van der Waals surface area (Å²) in [6.07, 6.45) is 1.77. The number of primary amides is 1. The van der Waals surface area contributed by atoms with Crippen LogP contribution in [0.2, 0.25) is 0 Å². The van der Waals surface area contributed by atoms with Gasteiger partial charge in [-0.05, 0) is 24.3 Å². The summed E-state index contributed by atoms with van der Waals surface area (Å²) in [5, 5.41) is 0. The Morgan fingerprint density at radius 2 is 2.00 bits per heavy atom. The van der Waals surface area contributed by atoms with Crippen molar-refractivity contribution in [3.05, 3.63) is 36.0 Å². The number of ether oxygens (including phenoxy) is 3. The maximum atomic E-state index is 11.5. The lowest BCUT2D eigenvalue weighted by Gasteiger charge is -2.27. The van der Waals surface area contributed by atoms with Crippen LogP contribution in [-0.2, 0) is 4.74 Å². The van der Waals surface area contributed by atoms with E-state index in [1.165, 1.54) is 0 Å². The molecule has 1 aromatic carbocycles. The highest BCUT2D eigenvalue weighted by Crippen LogP contribution is 2.42. The van der Waals surface area contributed by atoms with Crippen molar-refractivity contribution in [1.82, 2.24) is 4.98 Å². The van der Waals surface area contributed by atoms with Crippen LogP contribution in [0.1, 0.15) is 10.4 Å². The summed E-state index contributed by atoms with van der Waals surface area (Å²) in [7, 11) is 0. The molecule has 0 aliphatic carbocycles. The minimum absolute atomic E-state index is 0.129. The summed E-state index contributed by atoms with van der Waals surface area (Å²) in [5.41, 5.74) is 7.38. The van der Waals surface area contributed by atoms with Crippen LogP contribution < -0.4 is 20.1 Å². The molecule has 1 fully saturated rings. The smallest absolute Gasteiger partial charge is 0.248 e. The Hall–Kier alpha value is -2.80. The van der Waals surface area contributed by atoms with Gasteiger partial charge in [-0.15, -0.1) is 0 Å². The Balaban J connectivity index is 1.69. The summed E-state index contributed by atoms with van der Waals surface area (Å²) >= 11 is 0. The molecule has 4 rings (SSSR count). The van der Waals surface area contributed by atoms with Gasteiger partial charge >= 0.3 is 0 Å². The molecule has 24 heavy (non-hydrogen) atoms. The Morgan fingerprint density at radius 3 is 2.71 bits per heavy atom. The normalized spacial score (nSPS) is 16.2. The summed E-state index contributed by atoms with van der Waals surface area (Å²) in [5.74, 6) is 1.54. The van der Waals surface area contributed by atoms with Crippen molar-refractivity contribution in [2.24, 2.45) is 5.73 Å². The lowest BCUT2D eigenvalue weighted by Crippen LogP contribution is -2.36. The Kier molecular flexibility index (Phi) is 3.70. The van der Waals surface area contributed by atoms with Crippen LogP contribution >= 0.6 is 0 Å². The predicted molar refractivity (Wildman–Crippen MR) is 87.3 cm³/mol. The van der Waals surface area contributed by atoms with Crippen molar-refractivity contribution >= 4 is 11.7 Å². The molecule has 124 valence electrons. The molecular formula is C17H17N3O4. The SMILES string of the molecule is NC(=O)c1cc2c(c(-c3ccc(N4CCOCC4)nc3)c1)OCO2. The van der Waals surface area contributed by atoms with Crippen LogP contribution in [0.3, 0.4) is 0 Å². The first kappa shape index (κ1) is 14.8. The number of hydrogen-bond acceptors (Lipinski definition) is 6. The number of nitrogens with two attached hydrogens (primary N) is 1. The van der Waals surface area contributed by atoms with E-state index in [4.69, 9.17) is 19.9 Å². The third-order valence-corrected chi connectivity index (χ3v) is 4.15. The molecule has 0 radical (unpaired) electrons. The van der Waals surface area contributed by atoms with E-state index >= 15 is 0 Å². The van der Waals surface area contributed by atoms with Crippen molar-refractivity contribution in [3.8, 4) is 22.6 Å². The number of rotatable bonds is 3. The van der Waals surface area contributed by atoms with Gasteiger partial charge in [0.1, 0.15) is 5.82 Å². The van der Waals surface area contributed by atoms with E-state index in [1.807, 2.05) is 12.1 Å². The van der Waals surface area contributed by atoms with Crippen LogP contribution in [0.25, 0.3) is 11.1 Å². The average molecular weight is 327 g/mol. The number of nitrogens with zero attached hydrogens (tertiary/aromatic N) is 2. The maximum absolute atomic E-state index is 11.5. The number of amides is 1. The summed E-state index contributed by atoms with van der Waals surface area (Å²) in [6.45, 7) is 3.21. The third-order valence-electron chi connectivity index (χ3n) is 4.15. The summed E-state index contributed by atoms with van der Waals surface area (Å²) < 4.78 is 16.3. The minimum atomic E-state index is -0.507. The Morgan fingerprint density at radius 1 is 1.17 bits per heavy atom. The van der Waals surface area contributed by atoms with E-state index in [2.05, 4.69) is 9.88 Å². The van der Waals surface area contributed by atoms with Crippen LogP contribution in [0.5, 0.6) is 11.5 Å². The number of pyridine rings is 1. The first-order valence-electron chi connectivity index (χ1n) is 7.75. The van der Waals surface area contributed by atoms with Crippen molar-refractivity contribution in [2.75, 3.05) is 38.0 Å². The Bertz CT molecular complexity index is 770. The zero-order chi connectivity index (χ0) is 16.5. The largest absolute Gasteiger partial charge is 0.454 e. The average Bonchev–Trinajstić information content (AvgIpc) is 3.10. The van der Waals surface area contributed by atoms with Crippen molar-refractivity contribution in [2.45, 2.75) is 0 Å². The lowest BCUT2D eigenvalue weighted by molar-refractivity contribution is 0.1000. The van der Waals surface area contributed by atoms with Crippen molar-refractivity contribution in [3.63, 3.8) is 0 Å². The number of carbonyl (C=O) groups is 1. The number of benzene rings is 1. The van der Waals surface area contributed by atoms with Gasteiger partial charge in [0.15, 0.2) is 11.5 Å². The quantitative estimate of drug-likeness (QED) is 0.917. The van der Waals surface area contributed by atoms with Crippen molar-refractivity contribution in [1.29, 1.82) is 0 Å². The van der Waals surface area contributed by atoms with E-state index in [9.17, 15) is 4.79 Å². The highest BCUT2D eigenvalue weighted by atomic mass is 16.7. The molecule has 1 saturated heterocycles. The monoisotopic (exact) mass is 327 g/mol. The molecule has 1 amide bonds. The molecule has 7 nitrogen and oxygen atoms in total. The zero-order valence-corrected chi connectivity index (χ0v) is 13.0. The molecule has 1 aromatic heterocycles. The molecule has 3 heterocycles. The van der Waals surface area contributed by atoms with Gasteiger partial charge in [0, 0.05) is 36.0 Å². The molecule has 2 aliphatic heterocycles. The van der Waals surface area contributed by atoms with E-state index in [-0.39, 0.29) is 6.79 Å². The maximum Gasteiger partial charge on any atom is 0.248 e. The molecule has 0 spiro atoms. The van der Waals surface area contributed by atoms with Gasteiger partial charge in [-0.3, -0.25) is 4.79 Å². The number of anilines is 1. The van der Waals surface area contributed by atoms with Gasteiger partial charge in [-0.1, -0.05) is 0 Å². The minimum Gasteiger partial charge on any atom is -0.454 e. The topological polar surface area (TPSA) is 86.9 Å². The van der Waals surface area contributed by atoms with E-state index < -0.39 is 5.91 Å². The predicted octanol–water partition coefficient (Wildman–Crippen LogP) is 1.41. The number of morpholine rings is 1. The number of aromatic nitrogens is 1. The number of carbonyl (C=O) groups excluding carboxylic acids is 1. The van der Waals surface area contributed by atoms with E-state index in [0.29, 0.717) is 30.3 Å². The van der Waals surface area contributed by atoms with Gasteiger partial charge in [0.05, 0.1) is 13.2 Å². The second-order valence-corrected chi connectivity index (χ2v) is 5.63. The fraction of sp³-hybridized carbons (Fsp3) is 0.294. The Labute approximate surface area is 138 Å². The van der Waals surface area contributed by atoms with Gasteiger partial charge in [-0.2, -0.15) is 0 Å². The molecule has 0 unspecified atom stereocenters. The van der Waals surface area contributed by atoms with Crippen molar-refractivity contribution < 1.29 is 19.0 Å². The van der Waals surface area contributed by atoms with Crippen LogP contribution in [0.4, 0.5) is 5.82 Å². The van der Waals surface area contributed by atoms with Gasteiger partial charge in [-0.25, -0.2) is 4.98 Å². The third kappa shape index (κ3) is 2.63. The van der Waals surface area contributed by atoms with Crippen LogP contribution in [0, 0.1) is 0 Å². The van der Waals surface area contributed by atoms with Gasteiger partial charge in [0.25, 0.3) is 0 Å². The summed E-state index contributed by atoms with van der Waals surface area (Å²) in [6, 6.07) is 7.23. The summed E-state index contributed by atoms with van der Waals surface area (Å²) in [4.78, 5) is 18.3. The molecule has 2 aromatic rings. The van der Waals surface area contributed by atoms with Crippen LogP contribution in [0.15, 0.2) is 30.5 Å². The van der Waals surface area contributed by atoms with E-state index in [0.717, 1.165) is 30.0 Å². The molecule has 7 heteroatoms. The van der Waals surface area contributed by atoms with E-state index in [1.54, 1.807) is 18.3 Å². The molecule has 2 aliphatic rings. The fourth-order valence-electron chi connectivity index (χ4n) is 2.89. The second kappa shape index (κ2) is 6.01. The second-order valence-electron chi connectivity index (χ2n) is 5.63. The lowest BCUT2D eigenvalue weighted by atomic mass is 10.0. The first-order chi connectivity index (χ1) is 11.7. The highest BCUT2D eigenvalue weighted by Gasteiger charge is 2.22.